The Labute approximate surface area is 79.8 Å². The molecule has 0 heterocycles. The molecule has 0 amide bonds. The van der Waals surface area contributed by atoms with Gasteiger partial charge in [-0.3, -0.25) is 0 Å². The zero-order valence-electron chi connectivity index (χ0n) is 9.82. The third-order valence-corrected chi connectivity index (χ3v) is 1.50. The summed E-state index contributed by atoms with van der Waals surface area (Å²) in [5, 5.41) is 0. The highest BCUT2D eigenvalue weighted by Crippen LogP contribution is 2.15. The summed E-state index contributed by atoms with van der Waals surface area (Å²) in [6.45, 7) is 10.9. The van der Waals surface area contributed by atoms with E-state index in [1.54, 1.807) is 0 Å². The highest BCUT2D eigenvalue weighted by molar-refractivity contribution is 4.50. The van der Waals surface area contributed by atoms with E-state index in [9.17, 15) is 0 Å². The topological polar surface area (TPSA) is 0 Å². The van der Waals surface area contributed by atoms with Crippen molar-refractivity contribution in [3.05, 3.63) is 0 Å². The second-order valence-corrected chi connectivity index (χ2v) is 4.15. The molecule has 1 aliphatic carbocycles. The molecule has 0 saturated heterocycles. The summed E-state index contributed by atoms with van der Waals surface area (Å²) in [5.74, 6) is 0.833. The Morgan fingerprint density at radius 1 is 0.750 bits per heavy atom. The van der Waals surface area contributed by atoms with Gasteiger partial charge in [-0.05, 0) is 5.92 Å². The van der Waals surface area contributed by atoms with Crippen LogP contribution in [0.4, 0.5) is 0 Å². The van der Waals surface area contributed by atoms with Crippen LogP contribution in [-0.4, -0.2) is 0 Å². The number of hydrogen-bond acceptors (Lipinski definition) is 0. The summed E-state index contributed by atoms with van der Waals surface area (Å²) in [6.07, 6.45) is 8.64. The van der Waals surface area contributed by atoms with Gasteiger partial charge >= 0.3 is 0 Å². The largest absolute Gasteiger partial charge is 0.0654 e. The lowest BCUT2D eigenvalue weighted by molar-refractivity contribution is 0.504. The van der Waals surface area contributed by atoms with E-state index < -0.39 is 0 Å². The van der Waals surface area contributed by atoms with Gasteiger partial charge in [-0.15, -0.1) is 0 Å². The third-order valence-electron chi connectivity index (χ3n) is 1.50. The second-order valence-electron chi connectivity index (χ2n) is 4.15. The van der Waals surface area contributed by atoms with Crippen LogP contribution in [0.15, 0.2) is 0 Å². The first kappa shape index (κ1) is 14.5. The molecule has 0 atom stereocenters. The van der Waals surface area contributed by atoms with Crippen LogP contribution >= 0.6 is 0 Å². The van der Waals surface area contributed by atoms with Gasteiger partial charge in [0.15, 0.2) is 0 Å². The van der Waals surface area contributed by atoms with Crippen molar-refractivity contribution in [2.45, 2.75) is 73.1 Å². The van der Waals surface area contributed by atoms with Gasteiger partial charge < -0.3 is 0 Å². The molecular formula is C12H28. The zero-order chi connectivity index (χ0) is 9.82. The van der Waals surface area contributed by atoms with Crippen molar-refractivity contribution in [1.29, 1.82) is 0 Å². The highest BCUT2D eigenvalue weighted by atomic mass is 14.0. The maximum atomic E-state index is 2.18. The molecule has 0 aromatic heterocycles. The fraction of sp³-hybridized carbons (Fsp3) is 1.00. The molecule has 1 fully saturated rings. The summed E-state index contributed by atoms with van der Waals surface area (Å²) >= 11 is 0. The zero-order valence-corrected chi connectivity index (χ0v) is 9.82. The molecule has 0 aromatic carbocycles. The van der Waals surface area contributed by atoms with Crippen molar-refractivity contribution >= 4 is 0 Å². The molecule has 0 aromatic rings. The molecule has 0 spiro atoms. The Bertz CT molecular complexity index is 42.3. The van der Waals surface area contributed by atoms with Gasteiger partial charge in [0.05, 0.1) is 0 Å². The second kappa shape index (κ2) is 13.6. The molecule has 0 unspecified atom stereocenters. The van der Waals surface area contributed by atoms with E-state index in [4.69, 9.17) is 0 Å². The van der Waals surface area contributed by atoms with Crippen LogP contribution in [0.25, 0.3) is 0 Å². The molecule has 1 rings (SSSR count). The van der Waals surface area contributed by atoms with Gasteiger partial charge in [0.25, 0.3) is 0 Å². The van der Waals surface area contributed by atoms with Crippen LogP contribution in [0.3, 0.4) is 0 Å². The molecule has 0 heteroatoms. The van der Waals surface area contributed by atoms with Crippen LogP contribution in [-0.2, 0) is 0 Å². The average Bonchev–Trinajstić information content (AvgIpc) is 1.82. The minimum Gasteiger partial charge on any atom is -0.0654 e. The Balaban J connectivity index is 0. The lowest BCUT2D eigenvalue weighted by Crippen LogP contribution is -1.85. The summed E-state index contributed by atoms with van der Waals surface area (Å²) in [7, 11) is 0. The molecule has 0 bridgehead atoms. The summed E-state index contributed by atoms with van der Waals surface area (Å²) in [6, 6.07) is 0. The number of unbranched alkanes of at least 4 members (excludes halogenated alkanes) is 1. The smallest absolute Gasteiger partial charge is 0.0500 e. The summed E-state index contributed by atoms with van der Waals surface area (Å²) in [5.41, 5.74) is 0. The van der Waals surface area contributed by atoms with E-state index >= 15 is 0 Å². The Kier molecular flexibility index (Phi) is 16.4. The van der Waals surface area contributed by atoms with Gasteiger partial charge in [0.1, 0.15) is 0 Å². The van der Waals surface area contributed by atoms with E-state index in [1.807, 2.05) is 0 Å². The van der Waals surface area contributed by atoms with E-state index in [2.05, 4.69) is 34.6 Å². The minimum absolute atomic E-state index is 0.833. The number of rotatable bonds is 1. The normalized spacial score (nSPS) is 13.5. The predicted octanol–water partition coefficient (Wildman–Crippen LogP) is 5.03. The highest BCUT2D eigenvalue weighted by Gasteiger charge is 1.95. The Morgan fingerprint density at radius 3 is 0.917 bits per heavy atom. The van der Waals surface area contributed by atoms with Crippen molar-refractivity contribution < 1.29 is 0 Å². The van der Waals surface area contributed by atoms with Crippen LogP contribution in [0.2, 0.25) is 0 Å². The molecule has 1 saturated carbocycles. The van der Waals surface area contributed by atoms with E-state index in [0.29, 0.717) is 0 Å². The first-order chi connectivity index (χ1) is 5.65. The molecule has 0 nitrogen and oxygen atoms in total. The monoisotopic (exact) mass is 172 g/mol. The van der Waals surface area contributed by atoms with Crippen molar-refractivity contribution in [3.63, 3.8) is 0 Å². The van der Waals surface area contributed by atoms with E-state index in [-0.39, 0.29) is 0 Å². The van der Waals surface area contributed by atoms with Crippen LogP contribution in [0, 0.1) is 5.92 Å². The van der Waals surface area contributed by atoms with E-state index in [1.165, 1.54) is 38.5 Å². The van der Waals surface area contributed by atoms with Gasteiger partial charge in [-0.2, -0.15) is 0 Å². The van der Waals surface area contributed by atoms with Gasteiger partial charge in [-0.25, -0.2) is 0 Å². The van der Waals surface area contributed by atoms with Crippen molar-refractivity contribution in [3.8, 4) is 0 Å². The molecule has 0 N–H and O–H groups in total. The first-order valence-corrected chi connectivity index (χ1v) is 5.65. The Hall–Kier alpha value is 0. The van der Waals surface area contributed by atoms with Gasteiger partial charge in [0, 0.05) is 0 Å². The van der Waals surface area contributed by atoms with Crippen molar-refractivity contribution in [2.24, 2.45) is 5.92 Å². The summed E-state index contributed by atoms with van der Waals surface area (Å²) < 4.78 is 0. The molecule has 12 heavy (non-hydrogen) atoms. The molecule has 0 radical (unpaired) electrons. The fourth-order valence-electron chi connectivity index (χ4n) is 0.250. The summed E-state index contributed by atoms with van der Waals surface area (Å²) in [4.78, 5) is 0. The lowest BCUT2D eigenvalue weighted by Gasteiger charge is -2.05. The fourth-order valence-corrected chi connectivity index (χ4v) is 0.250. The van der Waals surface area contributed by atoms with Crippen molar-refractivity contribution in [2.75, 3.05) is 0 Å². The minimum atomic E-state index is 0.833. The molecule has 76 valence electrons. The average molecular weight is 172 g/mol. The maximum Gasteiger partial charge on any atom is -0.0500 e. The van der Waals surface area contributed by atoms with E-state index in [0.717, 1.165) is 5.92 Å². The van der Waals surface area contributed by atoms with Crippen LogP contribution < -0.4 is 0 Å². The van der Waals surface area contributed by atoms with Crippen LogP contribution in [0.1, 0.15) is 73.1 Å². The van der Waals surface area contributed by atoms with Gasteiger partial charge in [0.2, 0.25) is 0 Å². The van der Waals surface area contributed by atoms with Crippen molar-refractivity contribution in [1.82, 2.24) is 0 Å². The maximum absolute atomic E-state index is 2.18. The first-order valence-electron chi connectivity index (χ1n) is 5.65. The molecule has 0 aliphatic heterocycles. The van der Waals surface area contributed by atoms with Gasteiger partial charge in [-0.1, -0.05) is 73.1 Å². The van der Waals surface area contributed by atoms with Crippen LogP contribution in [0.5, 0.6) is 0 Å². The third kappa shape index (κ3) is 32.4. The molecular weight excluding hydrogens is 144 g/mol. The quantitative estimate of drug-likeness (QED) is 0.520. The standard InChI is InChI=1S/C4H8.2C4H10/c1-2-4-3-1;1-4(2)3;1-3-4-2/h1-4H2;4H,1-3H3;3-4H2,1-2H3. The Morgan fingerprint density at radius 2 is 0.917 bits per heavy atom. The number of hydrogen-bond donors (Lipinski definition) is 0. The predicted molar refractivity (Wildman–Crippen MR) is 59.6 cm³/mol. The lowest BCUT2D eigenvalue weighted by atomic mass is 10.0. The molecule has 1 aliphatic rings. The SMILES string of the molecule is C1CCC1.CC(C)C.CCCC.